The average molecular weight is 272 g/mol. The maximum absolute atomic E-state index is 13.2. The summed E-state index contributed by atoms with van der Waals surface area (Å²) in [6.07, 6.45) is 2.35. The number of halogens is 2. The van der Waals surface area contributed by atoms with Crippen molar-refractivity contribution in [2.75, 3.05) is 26.7 Å². The molecule has 19 heavy (non-hydrogen) atoms. The van der Waals surface area contributed by atoms with Crippen LogP contribution in [-0.4, -0.2) is 31.6 Å². The minimum Gasteiger partial charge on any atom is -0.493 e. The Labute approximate surface area is 113 Å². The Kier molecular flexibility index (Phi) is 6.73. The summed E-state index contributed by atoms with van der Waals surface area (Å²) < 4.78 is 31.7. The van der Waals surface area contributed by atoms with Gasteiger partial charge in [0.05, 0.1) is 6.61 Å². The molecule has 2 N–H and O–H groups in total. The van der Waals surface area contributed by atoms with Gasteiger partial charge in [0.25, 0.3) is 0 Å². The fourth-order valence-corrected chi connectivity index (χ4v) is 2.16. The SMILES string of the molecule is CCOc1cc(F)c(F)cc1CN1CCCC1.CN. The maximum atomic E-state index is 13.2. The summed E-state index contributed by atoms with van der Waals surface area (Å²) in [5.74, 6) is -1.19. The number of nitrogens with zero attached hydrogens (tertiary/aromatic N) is 1. The normalized spacial score (nSPS) is 15.0. The monoisotopic (exact) mass is 272 g/mol. The fraction of sp³-hybridized carbons (Fsp3) is 0.571. The van der Waals surface area contributed by atoms with Crippen LogP contribution in [0.3, 0.4) is 0 Å². The second kappa shape index (κ2) is 8.07. The zero-order valence-electron chi connectivity index (χ0n) is 11.6. The third-order valence-electron chi connectivity index (χ3n) is 3.00. The molecular formula is C14H22F2N2O. The maximum Gasteiger partial charge on any atom is 0.162 e. The van der Waals surface area contributed by atoms with Crippen LogP contribution < -0.4 is 10.5 Å². The van der Waals surface area contributed by atoms with E-state index >= 15 is 0 Å². The molecule has 0 saturated carbocycles. The van der Waals surface area contributed by atoms with E-state index in [1.807, 2.05) is 6.92 Å². The molecule has 1 heterocycles. The van der Waals surface area contributed by atoms with Crippen LogP contribution in [0.4, 0.5) is 8.78 Å². The van der Waals surface area contributed by atoms with Gasteiger partial charge in [0.15, 0.2) is 11.6 Å². The molecule has 1 aliphatic rings. The molecule has 0 bridgehead atoms. The second-order valence-electron chi connectivity index (χ2n) is 4.29. The van der Waals surface area contributed by atoms with E-state index < -0.39 is 11.6 Å². The van der Waals surface area contributed by atoms with Crippen molar-refractivity contribution in [1.82, 2.24) is 4.90 Å². The number of rotatable bonds is 4. The highest BCUT2D eigenvalue weighted by Gasteiger charge is 2.16. The predicted octanol–water partition coefficient (Wildman–Crippen LogP) is 2.53. The van der Waals surface area contributed by atoms with E-state index in [2.05, 4.69) is 10.6 Å². The molecule has 1 saturated heterocycles. The Morgan fingerprint density at radius 1 is 1.16 bits per heavy atom. The van der Waals surface area contributed by atoms with Gasteiger partial charge in [-0.1, -0.05) is 0 Å². The van der Waals surface area contributed by atoms with Gasteiger partial charge in [-0.3, -0.25) is 4.90 Å². The van der Waals surface area contributed by atoms with Gasteiger partial charge >= 0.3 is 0 Å². The molecule has 0 atom stereocenters. The smallest absolute Gasteiger partial charge is 0.162 e. The van der Waals surface area contributed by atoms with Crippen molar-refractivity contribution in [3.63, 3.8) is 0 Å². The molecule has 1 aromatic carbocycles. The molecule has 0 spiro atoms. The van der Waals surface area contributed by atoms with Crippen molar-refractivity contribution in [2.45, 2.75) is 26.3 Å². The van der Waals surface area contributed by atoms with Gasteiger partial charge in [-0.25, -0.2) is 8.78 Å². The summed E-state index contributed by atoms with van der Waals surface area (Å²) in [7, 11) is 1.50. The molecule has 5 heteroatoms. The molecule has 0 radical (unpaired) electrons. The quantitative estimate of drug-likeness (QED) is 0.915. The van der Waals surface area contributed by atoms with E-state index in [0.29, 0.717) is 18.9 Å². The Morgan fingerprint density at radius 3 is 2.32 bits per heavy atom. The highest BCUT2D eigenvalue weighted by Crippen LogP contribution is 2.25. The number of benzene rings is 1. The lowest BCUT2D eigenvalue weighted by Gasteiger charge is -2.17. The summed E-state index contributed by atoms with van der Waals surface area (Å²) >= 11 is 0. The minimum atomic E-state index is -0.848. The lowest BCUT2D eigenvalue weighted by molar-refractivity contribution is 0.301. The molecule has 1 fully saturated rings. The second-order valence-corrected chi connectivity index (χ2v) is 4.29. The van der Waals surface area contributed by atoms with E-state index in [4.69, 9.17) is 4.74 Å². The van der Waals surface area contributed by atoms with Gasteiger partial charge in [0, 0.05) is 18.2 Å². The molecule has 0 unspecified atom stereocenters. The average Bonchev–Trinajstić information content (AvgIpc) is 2.91. The van der Waals surface area contributed by atoms with Gasteiger partial charge in [0.2, 0.25) is 0 Å². The number of hydrogen-bond acceptors (Lipinski definition) is 3. The first-order valence-electron chi connectivity index (χ1n) is 6.61. The van der Waals surface area contributed by atoms with Gasteiger partial charge in [-0.05, 0) is 46.0 Å². The zero-order chi connectivity index (χ0) is 14.3. The van der Waals surface area contributed by atoms with E-state index in [1.165, 1.54) is 26.0 Å². The fourth-order valence-electron chi connectivity index (χ4n) is 2.16. The Bertz CT molecular complexity index is 393. The third kappa shape index (κ3) is 4.44. The summed E-state index contributed by atoms with van der Waals surface area (Å²) in [6.45, 7) is 4.96. The predicted molar refractivity (Wildman–Crippen MR) is 72.1 cm³/mol. The zero-order valence-corrected chi connectivity index (χ0v) is 11.6. The molecular weight excluding hydrogens is 250 g/mol. The molecule has 3 nitrogen and oxygen atoms in total. The van der Waals surface area contributed by atoms with Crippen LogP contribution in [0.2, 0.25) is 0 Å². The Balaban J connectivity index is 0.000000861. The Morgan fingerprint density at radius 2 is 1.74 bits per heavy atom. The molecule has 1 aliphatic heterocycles. The van der Waals surface area contributed by atoms with Crippen LogP contribution in [0, 0.1) is 11.6 Å². The molecule has 0 aliphatic carbocycles. The van der Waals surface area contributed by atoms with Crippen molar-refractivity contribution in [1.29, 1.82) is 0 Å². The van der Waals surface area contributed by atoms with Crippen LogP contribution in [0.1, 0.15) is 25.3 Å². The Hall–Kier alpha value is -1.20. The van der Waals surface area contributed by atoms with Crippen LogP contribution >= 0.6 is 0 Å². The summed E-state index contributed by atoms with van der Waals surface area (Å²) in [6, 6.07) is 2.39. The van der Waals surface area contributed by atoms with Gasteiger partial charge in [-0.15, -0.1) is 0 Å². The number of ether oxygens (including phenoxy) is 1. The van der Waals surface area contributed by atoms with E-state index in [-0.39, 0.29) is 0 Å². The van der Waals surface area contributed by atoms with Crippen molar-refractivity contribution >= 4 is 0 Å². The van der Waals surface area contributed by atoms with Crippen LogP contribution in [0.15, 0.2) is 12.1 Å². The van der Waals surface area contributed by atoms with Gasteiger partial charge < -0.3 is 10.5 Å². The summed E-state index contributed by atoms with van der Waals surface area (Å²) in [5.41, 5.74) is 5.23. The number of nitrogens with two attached hydrogens (primary N) is 1. The van der Waals surface area contributed by atoms with Crippen molar-refractivity contribution < 1.29 is 13.5 Å². The van der Waals surface area contributed by atoms with E-state index in [0.717, 1.165) is 24.7 Å². The number of likely N-dealkylation sites (tertiary alicyclic amines) is 1. The first-order chi connectivity index (χ1) is 9.20. The largest absolute Gasteiger partial charge is 0.493 e. The summed E-state index contributed by atoms with van der Waals surface area (Å²) in [4.78, 5) is 2.23. The van der Waals surface area contributed by atoms with Crippen LogP contribution in [0.5, 0.6) is 5.75 Å². The molecule has 0 aromatic heterocycles. The summed E-state index contributed by atoms with van der Waals surface area (Å²) in [5, 5.41) is 0. The number of hydrogen-bond donors (Lipinski definition) is 1. The highest BCUT2D eigenvalue weighted by molar-refractivity contribution is 5.34. The molecule has 108 valence electrons. The molecule has 2 rings (SSSR count). The highest BCUT2D eigenvalue weighted by atomic mass is 19.2. The lowest BCUT2D eigenvalue weighted by Crippen LogP contribution is -2.19. The first-order valence-corrected chi connectivity index (χ1v) is 6.61. The van der Waals surface area contributed by atoms with Gasteiger partial charge in [-0.2, -0.15) is 0 Å². The van der Waals surface area contributed by atoms with E-state index in [9.17, 15) is 8.78 Å². The minimum absolute atomic E-state index is 0.456. The molecule has 0 amide bonds. The van der Waals surface area contributed by atoms with Crippen molar-refractivity contribution in [3.8, 4) is 5.75 Å². The standard InChI is InChI=1S/C13H17F2NO.CH5N/c1-2-17-13-8-12(15)11(14)7-10(13)9-16-5-3-4-6-16;1-2/h7-8H,2-6,9H2,1H3;2H2,1H3. The van der Waals surface area contributed by atoms with Crippen LogP contribution in [0.25, 0.3) is 0 Å². The topological polar surface area (TPSA) is 38.5 Å². The molecule has 1 aromatic rings. The van der Waals surface area contributed by atoms with Crippen LogP contribution in [-0.2, 0) is 6.54 Å². The van der Waals surface area contributed by atoms with Crippen molar-refractivity contribution in [2.24, 2.45) is 5.73 Å². The lowest BCUT2D eigenvalue weighted by atomic mass is 10.1. The van der Waals surface area contributed by atoms with Gasteiger partial charge in [0.1, 0.15) is 5.75 Å². The van der Waals surface area contributed by atoms with Crippen molar-refractivity contribution in [3.05, 3.63) is 29.3 Å². The third-order valence-corrected chi connectivity index (χ3v) is 3.00. The first kappa shape index (κ1) is 15.9. The van der Waals surface area contributed by atoms with E-state index in [1.54, 1.807) is 0 Å².